The molecule has 10 heteroatoms. The van der Waals surface area contributed by atoms with Crippen molar-refractivity contribution in [3.63, 3.8) is 0 Å². The van der Waals surface area contributed by atoms with Crippen LogP contribution in [-0.2, 0) is 25.1 Å². The molecule has 0 radical (unpaired) electrons. The Bertz CT molecular complexity index is 1650. The van der Waals surface area contributed by atoms with Gasteiger partial charge in [0.05, 0.1) is 17.2 Å². The summed E-state index contributed by atoms with van der Waals surface area (Å²) < 4.78 is 24.6. The number of aromatic nitrogens is 2. The highest BCUT2D eigenvalue weighted by atomic mass is 31.2. The highest BCUT2D eigenvalue weighted by molar-refractivity contribution is 7.47. The maximum atomic E-state index is 12.5. The molecule has 2 aromatic heterocycles. The molecule has 9 nitrogen and oxygen atoms in total. The summed E-state index contributed by atoms with van der Waals surface area (Å²) in [6.45, 7) is 8.25. The number of benzene rings is 2. The van der Waals surface area contributed by atoms with Crippen molar-refractivity contribution in [3.05, 3.63) is 85.2 Å². The summed E-state index contributed by atoms with van der Waals surface area (Å²) in [5.74, 6) is -0.228. The van der Waals surface area contributed by atoms with Gasteiger partial charge in [-0.25, -0.2) is 9.55 Å². The Morgan fingerprint density at radius 2 is 1.90 bits per heavy atom. The average molecular weight is 545 g/mol. The zero-order valence-corrected chi connectivity index (χ0v) is 23.1. The third-order valence-corrected chi connectivity index (χ3v) is 7.06. The normalized spacial score (nSPS) is 13.0. The molecule has 0 saturated carbocycles. The number of nitriles is 1. The van der Waals surface area contributed by atoms with Crippen LogP contribution >= 0.6 is 7.82 Å². The van der Waals surface area contributed by atoms with Crippen LogP contribution in [0.5, 0.6) is 0 Å². The number of phosphoric ester groups is 1. The van der Waals surface area contributed by atoms with Crippen molar-refractivity contribution < 1.29 is 23.3 Å². The fraction of sp³-hybridized carbons (Fsp3) is 0.207. The second-order valence-corrected chi connectivity index (χ2v) is 11.3. The third kappa shape index (κ3) is 6.51. The lowest BCUT2D eigenvalue weighted by Gasteiger charge is -2.22. The van der Waals surface area contributed by atoms with Gasteiger partial charge in [0.1, 0.15) is 12.4 Å². The van der Waals surface area contributed by atoms with Crippen LogP contribution in [0.15, 0.2) is 79.6 Å². The summed E-state index contributed by atoms with van der Waals surface area (Å²) in [6.07, 6.45) is 4.71. The van der Waals surface area contributed by atoms with Crippen LogP contribution in [-0.4, -0.2) is 33.0 Å². The molecule has 0 aliphatic heterocycles. The summed E-state index contributed by atoms with van der Waals surface area (Å²) >= 11 is 0. The third-order valence-electron chi connectivity index (χ3n) is 5.84. The Labute approximate surface area is 227 Å². The summed E-state index contributed by atoms with van der Waals surface area (Å²) in [5, 5.41) is 10.2. The molecule has 200 valence electrons. The summed E-state index contributed by atoms with van der Waals surface area (Å²) in [6, 6.07) is 18.7. The minimum atomic E-state index is -4.35. The Kier molecular flexibility index (Phi) is 7.86. The number of rotatable bonds is 8. The van der Waals surface area contributed by atoms with Gasteiger partial charge in [0.2, 0.25) is 5.91 Å². The first kappa shape index (κ1) is 28.0. The Morgan fingerprint density at radius 1 is 1.18 bits per heavy atom. The standard InChI is InChI=1S/C29H29N4O5P/c1-6-27(34)32(5)24-12-8-10-21(14-24)23-15-25-26(22-11-7-9-20(13-22)16-30)18-33(28(25)31-17-23)19-37-39(35,36)38-29(2,3)4/h6-15,17-18H,1,19H2,2-5H3,(H,35,36). The number of hydrogen-bond donors (Lipinski definition) is 1. The van der Waals surface area contributed by atoms with E-state index in [1.807, 2.05) is 36.4 Å². The van der Waals surface area contributed by atoms with E-state index in [-0.39, 0.29) is 12.6 Å². The van der Waals surface area contributed by atoms with E-state index >= 15 is 0 Å². The van der Waals surface area contributed by atoms with Crippen LogP contribution in [0.1, 0.15) is 26.3 Å². The van der Waals surface area contributed by atoms with Crippen molar-refractivity contribution in [2.75, 3.05) is 11.9 Å². The fourth-order valence-corrected chi connectivity index (χ4v) is 5.09. The lowest BCUT2D eigenvalue weighted by molar-refractivity contribution is -0.113. The van der Waals surface area contributed by atoms with Crippen LogP contribution < -0.4 is 4.90 Å². The van der Waals surface area contributed by atoms with Gasteiger partial charge in [-0.15, -0.1) is 0 Å². The summed E-state index contributed by atoms with van der Waals surface area (Å²) in [7, 11) is -2.67. The number of nitrogens with zero attached hydrogens (tertiary/aromatic N) is 4. The summed E-state index contributed by atoms with van der Waals surface area (Å²) in [5.41, 5.74) is 4.01. The quantitative estimate of drug-likeness (QED) is 0.205. The molecule has 0 aliphatic rings. The first-order valence-electron chi connectivity index (χ1n) is 12.1. The number of hydrogen-bond acceptors (Lipinski definition) is 6. The number of phosphoric acid groups is 1. The van der Waals surface area contributed by atoms with E-state index in [0.29, 0.717) is 16.9 Å². The van der Waals surface area contributed by atoms with E-state index in [0.717, 1.165) is 27.6 Å². The van der Waals surface area contributed by atoms with Gasteiger partial charge in [-0.05, 0) is 68.3 Å². The molecule has 0 fully saturated rings. The molecule has 4 aromatic rings. The van der Waals surface area contributed by atoms with Crippen LogP contribution in [0, 0.1) is 11.3 Å². The number of carbonyl (C=O) groups is 1. The van der Waals surface area contributed by atoms with Gasteiger partial charge in [-0.2, -0.15) is 5.26 Å². The van der Waals surface area contributed by atoms with Crippen LogP contribution in [0.25, 0.3) is 33.3 Å². The molecule has 4 rings (SSSR count). The molecule has 2 aromatic carbocycles. The van der Waals surface area contributed by atoms with Crippen LogP contribution in [0.2, 0.25) is 0 Å². The van der Waals surface area contributed by atoms with Gasteiger partial charge in [-0.1, -0.05) is 30.8 Å². The molecule has 39 heavy (non-hydrogen) atoms. The van der Waals surface area contributed by atoms with E-state index in [1.54, 1.807) is 63.0 Å². The van der Waals surface area contributed by atoms with Gasteiger partial charge in [0.25, 0.3) is 0 Å². The van der Waals surface area contributed by atoms with E-state index in [2.05, 4.69) is 17.6 Å². The monoisotopic (exact) mass is 544 g/mol. The fourth-order valence-electron chi connectivity index (χ4n) is 4.08. The molecule has 1 atom stereocenters. The lowest BCUT2D eigenvalue weighted by Crippen LogP contribution is -2.23. The lowest BCUT2D eigenvalue weighted by atomic mass is 10.0. The predicted molar refractivity (Wildman–Crippen MR) is 151 cm³/mol. The Hall–Kier alpha value is -4.06. The number of pyridine rings is 1. The first-order valence-corrected chi connectivity index (χ1v) is 13.6. The van der Waals surface area contributed by atoms with Crippen molar-refractivity contribution in [1.29, 1.82) is 5.26 Å². The van der Waals surface area contributed by atoms with E-state index in [1.165, 1.54) is 11.0 Å². The van der Waals surface area contributed by atoms with Gasteiger partial charge in [0, 0.05) is 41.6 Å². The maximum Gasteiger partial charge on any atom is 0.474 e. The van der Waals surface area contributed by atoms with E-state index < -0.39 is 13.4 Å². The predicted octanol–water partition coefficient (Wildman–Crippen LogP) is 6.28. The topological polar surface area (TPSA) is 118 Å². The molecule has 2 heterocycles. The van der Waals surface area contributed by atoms with Gasteiger partial charge in [0.15, 0.2) is 0 Å². The average Bonchev–Trinajstić information content (AvgIpc) is 3.28. The molecule has 1 unspecified atom stereocenters. The molecule has 0 aliphatic carbocycles. The second kappa shape index (κ2) is 11.0. The maximum absolute atomic E-state index is 12.5. The Balaban J connectivity index is 1.80. The molecular formula is C29H29N4O5P. The van der Waals surface area contributed by atoms with Gasteiger partial charge in [-0.3, -0.25) is 13.8 Å². The number of anilines is 1. The van der Waals surface area contributed by atoms with Gasteiger partial charge < -0.3 is 14.4 Å². The summed E-state index contributed by atoms with van der Waals surface area (Å²) in [4.78, 5) is 28.5. The molecule has 0 spiro atoms. The Morgan fingerprint density at radius 3 is 2.59 bits per heavy atom. The van der Waals surface area contributed by atoms with Crippen molar-refractivity contribution in [1.82, 2.24) is 9.55 Å². The highest BCUT2D eigenvalue weighted by Crippen LogP contribution is 2.47. The van der Waals surface area contributed by atoms with E-state index in [4.69, 9.17) is 9.05 Å². The van der Waals surface area contributed by atoms with Crippen molar-refractivity contribution in [3.8, 4) is 28.3 Å². The largest absolute Gasteiger partial charge is 0.474 e. The molecule has 0 bridgehead atoms. The zero-order valence-electron chi connectivity index (χ0n) is 22.2. The van der Waals surface area contributed by atoms with Crippen LogP contribution in [0.3, 0.4) is 0 Å². The zero-order chi connectivity index (χ0) is 28.4. The number of fused-ring (bicyclic) bond motifs is 1. The first-order chi connectivity index (χ1) is 18.4. The number of likely N-dealkylation sites (N-methyl/N-ethyl adjacent to an activating group) is 1. The van der Waals surface area contributed by atoms with Crippen molar-refractivity contribution in [2.45, 2.75) is 33.1 Å². The minimum Gasteiger partial charge on any atom is -0.312 e. The minimum absolute atomic E-state index is 0.228. The van der Waals surface area contributed by atoms with Crippen molar-refractivity contribution in [2.24, 2.45) is 0 Å². The van der Waals surface area contributed by atoms with Crippen LogP contribution in [0.4, 0.5) is 5.69 Å². The molecule has 1 N–H and O–H groups in total. The molecular weight excluding hydrogens is 515 g/mol. The SMILES string of the molecule is C=CC(=O)N(C)c1cccc(-c2cnc3c(c2)c(-c2cccc(C#N)c2)cn3COP(=O)(O)OC(C)(C)C)c1. The van der Waals surface area contributed by atoms with E-state index in [9.17, 15) is 19.5 Å². The highest BCUT2D eigenvalue weighted by Gasteiger charge is 2.29. The smallest absolute Gasteiger partial charge is 0.312 e. The number of carbonyl (C=O) groups excluding carboxylic acids is 1. The second-order valence-electron chi connectivity index (χ2n) is 9.88. The van der Waals surface area contributed by atoms with Gasteiger partial charge >= 0.3 is 7.82 Å². The number of amides is 1. The molecule has 1 amide bonds. The molecule has 0 saturated heterocycles. The van der Waals surface area contributed by atoms with Crippen molar-refractivity contribution >= 4 is 30.5 Å².